The minimum Gasteiger partial charge on any atom is -0.390 e. The van der Waals surface area contributed by atoms with Crippen LogP contribution in [0.4, 0.5) is 8.78 Å². The summed E-state index contributed by atoms with van der Waals surface area (Å²) in [6, 6.07) is 0. The van der Waals surface area contributed by atoms with Gasteiger partial charge in [-0.3, -0.25) is 4.90 Å². The maximum atomic E-state index is 12.6. The maximum Gasteiger partial charge on any atom is 0.283 e. The fourth-order valence-electron chi connectivity index (χ4n) is 1.25. The predicted octanol–water partition coefficient (Wildman–Crippen LogP) is -0.481. The summed E-state index contributed by atoms with van der Waals surface area (Å²) >= 11 is 0. The van der Waals surface area contributed by atoms with Crippen LogP contribution in [-0.2, 0) is 0 Å². The van der Waals surface area contributed by atoms with E-state index in [9.17, 15) is 8.78 Å². The number of rotatable bonds is 3. The third-order valence-electron chi connectivity index (χ3n) is 1.90. The highest BCUT2D eigenvalue weighted by Gasteiger charge is 2.30. The number of hydrogen-bond donors (Lipinski definition) is 2. The summed E-state index contributed by atoms with van der Waals surface area (Å²) in [5, 5.41) is 11.4. The molecular formula is C7H14F2N2O. The first kappa shape index (κ1) is 9.83. The molecule has 1 aliphatic rings. The van der Waals surface area contributed by atoms with Crippen molar-refractivity contribution in [2.75, 3.05) is 39.3 Å². The van der Waals surface area contributed by atoms with Crippen molar-refractivity contribution in [2.45, 2.75) is 5.92 Å². The number of aliphatic hydroxyl groups excluding tert-OH is 1. The Morgan fingerprint density at radius 3 is 2.42 bits per heavy atom. The van der Waals surface area contributed by atoms with E-state index in [1.807, 2.05) is 0 Å². The molecule has 0 aliphatic carbocycles. The molecule has 0 aromatic rings. The van der Waals surface area contributed by atoms with E-state index in [1.165, 1.54) is 0 Å². The number of aliphatic hydroxyl groups is 1. The Morgan fingerprint density at radius 2 is 1.92 bits per heavy atom. The molecule has 72 valence electrons. The highest BCUT2D eigenvalue weighted by atomic mass is 19.3. The van der Waals surface area contributed by atoms with Crippen LogP contribution in [-0.4, -0.2) is 55.3 Å². The molecule has 1 heterocycles. The summed E-state index contributed by atoms with van der Waals surface area (Å²) in [6.45, 7) is 1.39. The monoisotopic (exact) mass is 180 g/mol. The van der Waals surface area contributed by atoms with Gasteiger partial charge in [0.15, 0.2) is 0 Å². The zero-order valence-corrected chi connectivity index (χ0v) is 6.89. The Hall–Kier alpha value is -0.260. The molecule has 1 rings (SSSR count). The average molecular weight is 180 g/mol. The molecule has 3 nitrogen and oxygen atoms in total. The van der Waals surface area contributed by atoms with Crippen molar-refractivity contribution in [1.29, 1.82) is 0 Å². The van der Waals surface area contributed by atoms with Gasteiger partial charge in [-0.1, -0.05) is 0 Å². The molecular weight excluding hydrogens is 166 g/mol. The van der Waals surface area contributed by atoms with E-state index in [2.05, 4.69) is 5.32 Å². The molecule has 0 aromatic heterocycles. The largest absolute Gasteiger partial charge is 0.390 e. The standard InChI is InChI=1S/C7H14F2N2O/c8-7(9,6-12)5-11-3-1-10-2-4-11/h10,12H,1-6H2. The normalized spacial score (nSPS) is 21.2. The molecule has 2 N–H and O–H groups in total. The summed E-state index contributed by atoms with van der Waals surface area (Å²) < 4.78 is 25.3. The number of hydrogen-bond acceptors (Lipinski definition) is 3. The van der Waals surface area contributed by atoms with Crippen LogP contribution in [0.5, 0.6) is 0 Å². The van der Waals surface area contributed by atoms with Crippen molar-refractivity contribution in [3.8, 4) is 0 Å². The van der Waals surface area contributed by atoms with Crippen molar-refractivity contribution < 1.29 is 13.9 Å². The van der Waals surface area contributed by atoms with E-state index in [1.54, 1.807) is 4.90 Å². The summed E-state index contributed by atoms with van der Waals surface area (Å²) in [5.74, 6) is -2.95. The first-order valence-corrected chi connectivity index (χ1v) is 4.06. The zero-order valence-electron chi connectivity index (χ0n) is 6.89. The minimum absolute atomic E-state index is 0.328. The highest BCUT2D eigenvalue weighted by Crippen LogP contribution is 2.14. The van der Waals surface area contributed by atoms with Crippen LogP contribution in [0.2, 0.25) is 0 Å². The van der Waals surface area contributed by atoms with Gasteiger partial charge in [0.2, 0.25) is 0 Å². The lowest BCUT2D eigenvalue weighted by Gasteiger charge is -2.29. The molecule has 0 spiro atoms. The summed E-state index contributed by atoms with van der Waals surface area (Å²) in [7, 11) is 0. The number of piperazine rings is 1. The first-order chi connectivity index (χ1) is 5.64. The minimum atomic E-state index is -2.95. The molecule has 1 fully saturated rings. The van der Waals surface area contributed by atoms with Crippen molar-refractivity contribution in [3.63, 3.8) is 0 Å². The predicted molar refractivity (Wildman–Crippen MR) is 41.3 cm³/mol. The van der Waals surface area contributed by atoms with Crippen LogP contribution >= 0.6 is 0 Å². The molecule has 12 heavy (non-hydrogen) atoms. The van der Waals surface area contributed by atoms with Gasteiger partial charge < -0.3 is 10.4 Å². The second kappa shape index (κ2) is 4.11. The fourth-order valence-corrected chi connectivity index (χ4v) is 1.25. The van der Waals surface area contributed by atoms with Crippen LogP contribution in [0.25, 0.3) is 0 Å². The lowest BCUT2D eigenvalue weighted by Crippen LogP contribution is -2.48. The number of alkyl halides is 2. The molecule has 1 aliphatic heterocycles. The maximum absolute atomic E-state index is 12.6. The van der Waals surface area contributed by atoms with E-state index in [0.717, 1.165) is 13.1 Å². The van der Waals surface area contributed by atoms with Crippen molar-refractivity contribution >= 4 is 0 Å². The van der Waals surface area contributed by atoms with E-state index >= 15 is 0 Å². The van der Waals surface area contributed by atoms with Crippen LogP contribution in [0.3, 0.4) is 0 Å². The molecule has 0 bridgehead atoms. The lowest BCUT2D eigenvalue weighted by molar-refractivity contribution is -0.0741. The number of nitrogens with one attached hydrogen (secondary N) is 1. The molecule has 1 saturated heterocycles. The smallest absolute Gasteiger partial charge is 0.283 e. The average Bonchev–Trinajstić information content (AvgIpc) is 2.06. The van der Waals surface area contributed by atoms with Gasteiger partial charge in [0.1, 0.15) is 6.61 Å². The van der Waals surface area contributed by atoms with Gasteiger partial charge in [0.25, 0.3) is 5.92 Å². The number of halogens is 2. The van der Waals surface area contributed by atoms with Gasteiger partial charge in [-0.25, -0.2) is 8.78 Å². The molecule has 0 aromatic carbocycles. The second-order valence-corrected chi connectivity index (χ2v) is 3.04. The lowest BCUT2D eigenvalue weighted by atomic mass is 10.3. The van der Waals surface area contributed by atoms with Crippen LogP contribution < -0.4 is 5.32 Å². The van der Waals surface area contributed by atoms with Gasteiger partial charge >= 0.3 is 0 Å². The third-order valence-corrected chi connectivity index (χ3v) is 1.90. The van der Waals surface area contributed by atoms with Gasteiger partial charge in [-0.2, -0.15) is 0 Å². The van der Waals surface area contributed by atoms with Crippen LogP contribution in [0.1, 0.15) is 0 Å². The molecule has 5 heteroatoms. The Morgan fingerprint density at radius 1 is 1.33 bits per heavy atom. The van der Waals surface area contributed by atoms with Gasteiger partial charge in [-0.05, 0) is 0 Å². The first-order valence-electron chi connectivity index (χ1n) is 4.06. The third kappa shape index (κ3) is 3.00. The zero-order chi connectivity index (χ0) is 9.03. The summed E-state index contributed by atoms with van der Waals surface area (Å²) in [4.78, 5) is 1.66. The van der Waals surface area contributed by atoms with Crippen LogP contribution in [0, 0.1) is 0 Å². The Bertz CT molecular complexity index is 137. The summed E-state index contributed by atoms with van der Waals surface area (Å²) in [5.41, 5.74) is 0. The SMILES string of the molecule is OCC(F)(F)CN1CCNCC1. The van der Waals surface area contributed by atoms with E-state index in [4.69, 9.17) is 5.11 Å². The Balaban J connectivity index is 2.28. The van der Waals surface area contributed by atoms with E-state index < -0.39 is 12.5 Å². The van der Waals surface area contributed by atoms with Gasteiger partial charge in [0.05, 0.1) is 6.54 Å². The van der Waals surface area contributed by atoms with Gasteiger partial charge in [-0.15, -0.1) is 0 Å². The molecule has 0 saturated carbocycles. The second-order valence-electron chi connectivity index (χ2n) is 3.04. The highest BCUT2D eigenvalue weighted by molar-refractivity contribution is 4.75. The van der Waals surface area contributed by atoms with Crippen molar-refractivity contribution in [3.05, 3.63) is 0 Å². The summed E-state index contributed by atoms with van der Waals surface area (Å²) in [6.07, 6.45) is 0. The van der Waals surface area contributed by atoms with E-state index in [-0.39, 0.29) is 6.54 Å². The molecule has 0 radical (unpaired) electrons. The van der Waals surface area contributed by atoms with Crippen molar-refractivity contribution in [1.82, 2.24) is 10.2 Å². The van der Waals surface area contributed by atoms with Crippen LogP contribution in [0.15, 0.2) is 0 Å². The quantitative estimate of drug-likeness (QED) is 0.615. The Kier molecular flexibility index (Phi) is 3.37. The topological polar surface area (TPSA) is 35.5 Å². The molecule has 0 unspecified atom stereocenters. The molecule has 0 amide bonds. The van der Waals surface area contributed by atoms with E-state index in [0.29, 0.717) is 13.1 Å². The number of nitrogens with zero attached hydrogens (tertiary/aromatic N) is 1. The molecule has 0 atom stereocenters. The van der Waals surface area contributed by atoms with Crippen molar-refractivity contribution in [2.24, 2.45) is 0 Å². The fraction of sp³-hybridized carbons (Fsp3) is 1.00. The Labute approximate surface area is 70.4 Å². The van der Waals surface area contributed by atoms with Gasteiger partial charge in [0, 0.05) is 26.2 Å².